The maximum absolute atomic E-state index is 13.2. The van der Waals surface area contributed by atoms with Crippen LogP contribution in [0.4, 0.5) is 8.78 Å². The minimum absolute atomic E-state index is 0.0869. The third-order valence-corrected chi connectivity index (χ3v) is 5.35. The molecule has 0 spiro atoms. The quantitative estimate of drug-likeness (QED) is 0.621. The van der Waals surface area contributed by atoms with E-state index in [9.17, 15) is 13.6 Å². The number of carbonyl (C=O) groups is 1. The standard InChI is InChI=1S/C24H24F2N4O2/c1-5-17-21-28-16-10-9-14(11-12-24(2,3)27)13-18(16)30(21)20-15(22(31)29(17)4)7-6-8-19(20)32-23(25)26/h6-10,13,17,23H,5,27H2,1-4H3. The van der Waals surface area contributed by atoms with Crippen LogP contribution >= 0.6 is 0 Å². The first-order chi connectivity index (χ1) is 15.1. The molecule has 32 heavy (non-hydrogen) atoms. The molecule has 0 saturated carbocycles. The fourth-order valence-corrected chi connectivity index (χ4v) is 3.94. The normalized spacial score (nSPS) is 15.8. The zero-order valence-electron chi connectivity index (χ0n) is 18.3. The molecule has 0 radical (unpaired) electrons. The van der Waals surface area contributed by atoms with Crippen LogP contribution in [0.3, 0.4) is 0 Å². The molecule has 0 bridgehead atoms. The van der Waals surface area contributed by atoms with E-state index in [4.69, 9.17) is 15.5 Å². The van der Waals surface area contributed by atoms with Gasteiger partial charge in [0, 0.05) is 12.6 Å². The summed E-state index contributed by atoms with van der Waals surface area (Å²) in [6.45, 7) is 2.53. The van der Waals surface area contributed by atoms with E-state index in [0.717, 1.165) is 0 Å². The van der Waals surface area contributed by atoms with Crippen LogP contribution in [0.15, 0.2) is 36.4 Å². The van der Waals surface area contributed by atoms with Crippen LogP contribution in [-0.2, 0) is 0 Å². The lowest BCUT2D eigenvalue weighted by molar-refractivity contribution is -0.0498. The van der Waals surface area contributed by atoms with E-state index >= 15 is 0 Å². The summed E-state index contributed by atoms with van der Waals surface area (Å²) in [5, 5.41) is 0. The van der Waals surface area contributed by atoms with Gasteiger partial charge in [-0.1, -0.05) is 24.8 Å². The predicted molar refractivity (Wildman–Crippen MR) is 118 cm³/mol. The molecule has 2 N–H and O–H groups in total. The van der Waals surface area contributed by atoms with Gasteiger partial charge in [0.25, 0.3) is 5.91 Å². The monoisotopic (exact) mass is 438 g/mol. The first-order valence-electron chi connectivity index (χ1n) is 10.3. The Hall–Kier alpha value is -3.44. The average Bonchev–Trinajstić information content (AvgIpc) is 3.05. The first kappa shape index (κ1) is 21.8. The van der Waals surface area contributed by atoms with Crippen molar-refractivity contribution < 1.29 is 18.3 Å². The van der Waals surface area contributed by atoms with Gasteiger partial charge in [0.15, 0.2) is 5.75 Å². The van der Waals surface area contributed by atoms with Crippen molar-refractivity contribution in [1.29, 1.82) is 0 Å². The number of nitrogens with two attached hydrogens (primary N) is 1. The Bertz CT molecular complexity index is 1260. The number of hydrogen-bond acceptors (Lipinski definition) is 4. The van der Waals surface area contributed by atoms with E-state index in [0.29, 0.717) is 28.8 Å². The summed E-state index contributed by atoms with van der Waals surface area (Å²) >= 11 is 0. The van der Waals surface area contributed by atoms with Crippen LogP contribution < -0.4 is 10.5 Å². The zero-order chi connectivity index (χ0) is 23.2. The van der Waals surface area contributed by atoms with Crippen molar-refractivity contribution in [1.82, 2.24) is 14.5 Å². The summed E-state index contributed by atoms with van der Waals surface area (Å²) in [6, 6.07) is 9.73. The Morgan fingerprint density at radius 3 is 2.69 bits per heavy atom. The molecule has 0 fully saturated rings. The summed E-state index contributed by atoms with van der Waals surface area (Å²) in [4.78, 5) is 19.6. The number of para-hydroxylation sites is 1. The van der Waals surface area contributed by atoms with Gasteiger partial charge < -0.3 is 15.4 Å². The molecule has 1 atom stereocenters. The van der Waals surface area contributed by atoms with Crippen LogP contribution in [0.2, 0.25) is 0 Å². The highest BCUT2D eigenvalue weighted by molar-refractivity contribution is 6.00. The van der Waals surface area contributed by atoms with Gasteiger partial charge in [-0.15, -0.1) is 0 Å². The third kappa shape index (κ3) is 3.80. The summed E-state index contributed by atoms with van der Waals surface area (Å²) < 4.78 is 33.0. The van der Waals surface area contributed by atoms with Gasteiger partial charge in [-0.05, 0) is 50.6 Å². The van der Waals surface area contributed by atoms with Gasteiger partial charge in [-0.3, -0.25) is 9.36 Å². The number of benzene rings is 2. The van der Waals surface area contributed by atoms with Crippen molar-refractivity contribution in [3.05, 3.63) is 53.3 Å². The Balaban J connectivity index is 2.07. The van der Waals surface area contributed by atoms with E-state index in [2.05, 4.69) is 11.8 Å². The van der Waals surface area contributed by atoms with E-state index in [1.54, 1.807) is 36.4 Å². The number of nitrogens with zero attached hydrogens (tertiary/aromatic N) is 3. The minimum Gasteiger partial charge on any atom is -0.433 e. The van der Waals surface area contributed by atoms with Crippen LogP contribution in [-0.4, -0.2) is 39.6 Å². The van der Waals surface area contributed by atoms with Gasteiger partial charge in [0.05, 0.1) is 28.2 Å². The molecule has 1 amide bonds. The molecule has 4 rings (SSSR count). The molecule has 2 aromatic carbocycles. The Labute approximate surface area is 185 Å². The molecule has 1 aliphatic heterocycles. The molecule has 8 heteroatoms. The van der Waals surface area contributed by atoms with Crippen LogP contribution in [0, 0.1) is 11.8 Å². The van der Waals surface area contributed by atoms with Crippen molar-refractivity contribution in [2.24, 2.45) is 5.73 Å². The highest BCUT2D eigenvalue weighted by Crippen LogP contribution is 2.40. The molecule has 0 saturated heterocycles. The molecular formula is C24H24F2N4O2. The van der Waals surface area contributed by atoms with Gasteiger partial charge in [0.1, 0.15) is 11.5 Å². The SMILES string of the molecule is CCC1c2nc3ccc(C#CC(C)(C)N)cc3n2-c2c(OC(F)F)cccc2C(=O)N1C. The summed E-state index contributed by atoms with van der Waals surface area (Å²) in [7, 11) is 1.69. The molecule has 3 aromatic rings. The lowest BCUT2D eigenvalue weighted by Crippen LogP contribution is -2.30. The first-order valence-corrected chi connectivity index (χ1v) is 10.3. The van der Waals surface area contributed by atoms with Gasteiger partial charge in [-0.2, -0.15) is 8.78 Å². The number of aromatic nitrogens is 2. The zero-order valence-corrected chi connectivity index (χ0v) is 18.3. The number of hydrogen-bond donors (Lipinski definition) is 1. The maximum Gasteiger partial charge on any atom is 0.387 e. The highest BCUT2D eigenvalue weighted by atomic mass is 19.3. The number of amides is 1. The van der Waals surface area contributed by atoms with Crippen molar-refractivity contribution in [2.75, 3.05) is 7.05 Å². The minimum atomic E-state index is -3.04. The van der Waals surface area contributed by atoms with Crippen LogP contribution in [0.1, 0.15) is 55.0 Å². The second-order valence-electron chi connectivity index (χ2n) is 8.35. The summed E-state index contributed by atoms with van der Waals surface area (Å²) in [5.74, 6) is 6.25. The molecule has 1 aliphatic rings. The lowest BCUT2D eigenvalue weighted by Gasteiger charge is -2.24. The predicted octanol–water partition coefficient (Wildman–Crippen LogP) is 4.25. The van der Waals surface area contributed by atoms with Crippen LogP contribution in [0.25, 0.3) is 16.7 Å². The fraction of sp³-hybridized carbons (Fsp3) is 0.333. The molecule has 2 heterocycles. The molecule has 0 aliphatic carbocycles. The van der Waals surface area contributed by atoms with E-state index < -0.39 is 12.2 Å². The van der Waals surface area contributed by atoms with Crippen molar-refractivity contribution in [2.45, 2.75) is 45.4 Å². The Kier molecular flexibility index (Phi) is 5.39. The number of halogens is 2. The number of alkyl halides is 2. The Morgan fingerprint density at radius 1 is 1.28 bits per heavy atom. The van der Waals surface area contributed by atoms with Crippen molar-refractivity contribution in [3.8, 4) is 23.3 Å². The van der Waals surface area contributed by atoms with E-state index in [-0.39, 0.29) is 28.9 Å². The maximum atomic E-state index is 13.2. The fourth-order valence-electron chi connectivity index (χ4n) is 3.94. The van der Waals surface area contributed by atoms with Gasteiger partial charge in [0.2, 0.25) is 0 Å². The van der Waals surface area contributed by atoms with Gasteiger partial charge >= 0.3 is 6.61 Å². The Morgan fingerprint density at radius 2 is 2.03 bits per heavy atom. The van der Waals surface area contributed by atoms with Gasteiger partial charge in [-0.25, -0.2) is 4.98 Å². The average molecular weight is 438 g/mol. The summed E-state index contributed by atoms with van der Waals surface area (Å²) in [6.07, 6.45) is 0.596. The summed E-state index contributed by atoms with van der Waals surface area (Å²) in [5.41, 5.74) is 7.84. The number of carbonyl (C=O) groups excluding carboxylic acids is 1. The topological polar surface area (TPSA) is 73.4 Å². The largest absolute Gasteiger partial charge is 0.433 e. The molecule has 6 nitrogen and oxygen atoms in total. The van der Waals surface area contributed by atoms with E-state index in [1.807, 2.05) is 25.1 Å². The molecule has 1 unspecified atom stereocenters. The van der Waals surface area contributed by atoms with Crippen LogP contribution in [0.5, 0.6) is 5.75 Å². The number of rotatable bonds is 3. The second-order valence-corrected chi connectivity index (χ2v) is 8.35. The number of fused-ring (bicyclic) bond motifs is 5. The smallest absolute Gasteiger partial charge is 0.387 e. The second kappa shape index (κ2) is 7.92. The van der Waals surface area contributed by atoms with Crippen molar-refractivity contribution in [3.63, 3.8) is 0 Å². The molecule has 1 aromatic heterocycles. The molecular weight excluding hydrogens is 414 g/mol. The van der Waals surface area contributed by atoms with Crippen molar-refractivity contribution >= 4 is 16.9 Å². The lowest BCUT2D eigenvalue weighted by atomic mass is 10.1. The third-order valence-electron chi connectivity index (χ3n) is 5.35. The molecule has 166 valence electrons. The highest BCUT2D eigenvalue weighted by Gasteiger charge is 2.35. The number of ether oxygens (including phenoxy) is 1. The van der Waals surface area contributed by atoms with E-state index in [1.165, 1.54) is 12.1 Å². The number of imidazole rings is 1.